The number of carboxylic acids is 1. The van der Waals surface area contributed by atoms with E-state index in [0.717, 1.165) is 12.3 Å². The quantitative estimate of drug-likeness (QED) is 0.388. The Balaban J connectivity index is 1.91. The van der Waals surface area contributed by atoms with Crippen LogP contribution < -0.4 is 15.4 Å². The summed E-state index contributed by atoms with van der Waals surface area (Å²) in [6.07, 6.45) is -3.19. The van der Waals surface area contributed by atoms with E-state index in [1.54, 1.807) is 0 Å². The normalized spacial score (nSPS) is 11.0. The number of halogens is 4. The van der Waals surface area contributed by atoms with Crippen molar-refractivity contribution in [2.75, 3.05) is 17.2 Å². The average Bonchev–Trinajstić information content (AvgIpc) is 3.23. The highest BCUT2D eigenvalue weighted by Gasteiger charge is 2.40. The first kappa shape index (κ1) is 25.3. The Bertz CT molecular complexity index is 1290. The van der Waals surface area contributed by atoms with Gasteiger partial charge in [0.25, 0.3) is 5.91 Å². The molecule has 0 fully saturated rings. The van der Waals surface area contributed by atoms with Gasteiger partial charge in [0.2, 0.25) is 5.91 Å². The maximum absolute atomic E-state index is 13.9. The number of rotatable bonds is 8. The number of amides is 2. The molecule has 3 rings (SSSR count). The molecule has 182 valence electrons. The topological polar surface area (TPSA) is 123 Å². The van der Waals surface area contributed by atoms with Crippen molar-refractivity contribution < 1.29 is 37.4 Å². The Kier molecular flexibility index (Phi) is 7.45. The van der Waals surface area contributed by atoms with Crippen LogP contribution in [-0.4, -0.2) is 39.3 Å². The first-order chi connectivity index (χ1) is 16.5. The molecule has 2 aromatic carbocycles. The van der Waals surface area contributed by atoms with E-state index in [9.17, 15) is 27.6 Å². The minimum Gasteiger partial charge on any atom is -0.482 e. The predicted octanol–water partition coefficient (Wildman–Crippen LogP) is 4.38. The van der Waals surface area contributed by atoms with Crippen LogP contribution in [0.15, 0.2) is 61.3 Å². The van der Waals surface area contributed by atoms with Gasteiger partial charge in [-0.1, -0.05) is 18.2 Å². The number of aromatic nitrogens is 2. The molecule has 3 aromatic rings. The van der Waals surface area contributed by atoms with E-state index in [4.69, 9.17) is 21.4 Å². The Morgan fingerprint density at radius 2 is 1.74 bits per heavy atom. The summed E-state index contributed by atoms with van der Waals surface area (Å²) in [7, 11) is 0. The van der Waals surface area contributed by atoms with Gasteiger partial charge in [-0.15, -0.1) is 0 Å². The third-order valence-corrected chi connectivity index (χ3v) is 4.55. The number of nitrogens with zero attached hydrogens (tertiary/aromatic N) is 2. The molecule has 0 aliphatic rings. The monoisotopic (exact) mass is 508 g/mol. The number of hydrogen-bond acceptors (Lipinski definition) is 5. The molecule has 0 bridgehead atoms. The molecule has 1 heterocycles. The highest BCUT2D eigenvalue weighted by atomic mass is 35.5. The Morgan fingerprint density at radius 1 is 1.11 bits per heavy atom. The number of benzene rings is 2. The Morgan fingerprint density at radius 3 is 2.31 bits per heavy atom. The van der Waals surface area contributed by atoms with Crippen LogP contribution in [0.4, 0.5) is 24.5 Å². The first-order valence-corrected chi connectivity index (χ1v) is 10.0. The van der Waals surface area contributed by atoms with Crippen molar-refractivity contribution in [2.24, 2.45) is 0 Å². The number of aliphatic carboxylic acids is 1. The summed E-state index contributed by atoms with van der Waals surface area (Å²) < 4.78 is 47.2. The van der Waals surface area contributed by atoms with E-state index in [0.29, 0.717) is 4.68 Å². The summed E-state index contributed by atoms with van der Waals surface area (Å²) in [6, 6.07) is 8.96. The first-order valence-electron chi connectivity index (χ1n) is 9.63. The van der Waals surface area contributed by atoms with Crippen molar-refractivity contribution in [3.8, 4) is 11.4 Å². The summed E-state index contributed by atoms with van der Waals surface area (Å²) in [5.74, 6) is -2.76. The highest BCUT2D eigenvalue weighted by Crippen LogP contribution is 2.34. The van der Waals surface area contributed by atoms with Crippen LogP contribution in [0.5, 0.6) is 5.75 Å². The molecule has 0 atom stereocenters. The van der Waals surface area contributed by atoms with E-state index in [2.05, 4.69) is 22.3 Å². The maximum atomic E-state index is 13.9. The molecule has 0 saturated heterocycles. The lowest BCUT2D eigenvalue weighted by Gasteiger charge is -2.14. The fourth-order valence-electron chi connectivity index (χ4n) is 2.94. The highest BCUT2D eigenvalue weighted by molar-refractivity contribution is 6.31. The zero-order valence-corrected chi connectivity index (χ0v) is 18.4. The third kappa shape index (κ3) is 6.38. The lowest BCUT2D eigenvalue weighted by Crippen LogP contribution is -2.21. The summed E-state index contributed by atoms with van der Waals surface area (Å²) in [5.41, 5.74) is -1.93. The van der Waals surface area contributed by atoms with E-state index >= 15 is 0 Å². The van der Waals surface area contributed by atoms with Crippen LogP contribution in [0.25, 0.3) is 5.69 Å². The molecule has 13 heteroatoms. The molecule has 2 amide bonds. The number of anilines is 2. The number of carbonyl (C=O) groups is 3. The van der Waals surface area contributed by atoms with Crippen molar-refractivity contribution >= 4 is 40.8 Å². The van der Waals surface area contributed by atoms with Crippen LogP contribution in [0.2, 0.25) is 5.02 Å². The smallest absolute Gasteiger partial charge is 0.434 e. The number of alkyl halides is 3. The van der Waals surface area contributed by atoms with Crippen LogP contribution in [0.3, 0.4) is 0 Å². The number of carbonyl (C=O) groups excluding carboxylic acids is 2. The largest absolute Gasteiger partial charge is 0.482 e. The molecule has 1 aromatic heterocycles. The van der Waals surface area contributed by atoms with Gasteiger partial charge in [0.1, 0.15) is 5.75 Å². The van der Waals surface area contributed by atoms with Crippen LogP contribution in [-0.2, 0) is 15.8 Å². The van der Waals surface area contributed by atoms with Gasteiger partial charge < -0.3 is 20.5 Å². The summed E-state index contributed by atoms with van der Waals surface area (Å²) in [4.78, 5) is 34.8. The number of nitrogens with one attached hydrogen (secondary N) is 2. The van der Waals surface area contributed by atoms with Gasteiger partial charge >= 0.3 is 12.1 Å². The van der Waals surface area contributed by atoms with E-state index in [-0.39, 0.29) is 27.8 Å². The average molecular weight is 509 g/mol. The molecule has 0 aliphatic carbocycles. The van der Waals surface area contributed by atoms with Gasteiger partial charge in [0.15, 0.2) is 12.3 Å². The molecule has 0 saturated carbocycles. The number of ether oxygens (including phenoxy) is 1. The lowest BCUT2D eigenvalue weighted by atomic mass is 10.2. The van der Waals surface area contributed by atoms with Gasteiger partial charge in [-0.25, -0.2) is 9.48 Å². The van der Waals surface area contributed by atoms with Crippen LogP contribution in [0, 0.1) is 0 Å². The minimum absolute atomic E-state index is 0.0302. The van der Waals surface area contributed by atoms with E-state index in [1.165, 1.54) is 42.5 Å². The van der Waals surface area contributed by atoms with Gasteiger partial charge in [-0.2, -0.15) is 18.3 Å². The third-order valence-electron chi connectivity index (χ3n) is 4.33. The molecule has 0 unspecified atom stereocenters. The van der Waals surface area contributed by atoms with Gasteiger partial charge in [0.05, 0.1) is 17.4 Å². The number of hydrogen-bond donors (Lipinski definition) is 3. The van der Waals surface area contributed by atoms with Gasteiger partial charge in [-0.3, -0.25) is 9.59 Å². The molecular formula is C22H16ClF3N4O5. The number of carboxylic acid groups (broad SMARTS) is 1. The van der Waals surface area contributed by atoms with Gasteiger partial charge in [0, 0.05) is 16.4 Å². The van der Waals surface area contributed by atoms with Crippen molar-refractivity contribution in [2.45, 2.75) is 6.18 Å². The molecule has 0 spiro atoms. The second-order valence-electron chi connectivity index (χ2n) is 6.87. The predicted molar refractivity (Wildman–Crippen MR) is 120 cm³/mol. The second-order valence-corrected chi connectivity index (χ2v) is 7.31. The van der Waals surface area contributed by atoms with Gasteiger partial charge in [-0.05, 0) is 48.5 Å². The summed E-state index contributed by atoms with van der Waals surface area (Å²) in [6.45, 7) is 2.69. The van der Waals surface area contributed by atoms with Crippen molar-refractivity contribution in [3.63, 3.8) is 0 Å². The van der Waals surface area contributed by atoms with E-state index < -0.39 is 41.8 Å². The molecular weight excluding hydrogens is 493 g/mol. The fourth-order valence-corrected chi connectivity index (χ4v) is 3.17. The Labute approximate surface area is 200 Å². The molecule has 0 radical (unpaired) electrons. The fraction of sp³-hybridized carbons (Fsp3) is 0.0909. The molecule has 0 aliphatic heterocycles. The zero-order chi connectivity index (χ0) is 25.8. The van der Waals surface area contributed by atoms with Crippen molar-refractivity contribution in [3.05, 3.63) is 77.6 Å². The van der Waals surface area contributed by atoms with Crippen LogP contribution in [0.1, 0.15) is 16.1 Å². The zero-order valence-electron chi connectivity index (χ0n) is 17.6. The van der Waals surface area contributed by atoms with Crippen molar-refractivity contribution in [1.29, 1.82) is 0 Å². The minimum atomic E-state index is -4.96. The van der Waals surface area contributed by atoms with Crippen LogP contribution >= 0.6 is 11.6 Å². The van der Waals surface area contributed by atoms with Crippen molar-refractivity contribution in [1.82, 2.24) is 9.78 Å². The maximum Gasteiger partial charge on any atom is 0.434 e. The Hall–Kier alpha value is -4.32. The standard InChI is InChI=1S/C22H16ClF3N4O5/c1-2-18(31)28-13-7-12(23)8-14(9-13)29-21(34)17-10-27-30(20(17)22(24,25)26)15-3-5-16(6-4-15)35-11-19(32)33/h2-10H,1,11H2,(H,28,31)(H,29,34)(H,32,33). The van der Waals surface area contributed by atoms with E-state index in [1.807, 2.05) is 0 Å². The summed E-state index contributed by atoms with van der Waals surface area (Å²) in [5, 5.41) is 17.2. The molecule has 35 heavy (non-hydrogen) atoms. The molecule has 3 N–H and O–H groups in total. The summed E-state index contributed by atoms with van der Waals surface area (Å²) >= 11 is 5.98. The SMILES string of the molecule is C=CC(=O)Nc1cc(Cl)cc(NC(=O)c2cnn(-c3ccc(OCC(=O)O)cc3)c2C(F)(F)F)c1. The second kappa shape index (κ2) is 10.3. The lowest BCUT2D eigenvalue weighted by molar-refractivity contribution is -0.143. The molecule has 9 nitrogen and oxygen atoms in total.